The summed E-state index contributed by atoms with van der Waals surface area (Å²) in [6.45, 7) is 7.86. The first kappa shape index (κ1) is 28.7. The Morgan fingerprint density at radius 3 is 2.45 bits per heavy atom. The molecule has 2 heterocycles. The monoisotopic (exact) mass is 585 g/mol. The van der Waals surface area contributed by atoms with Gasteiger partial charge < -0.3 is 29.9 Å². The van der Waals surface area contributed by atoms with Gasteiger partial charge in [-0.2, -0.15) is 4.98 Å². The van der Waals surface area contributed by atoms with E-state index in [1.165, 1.54) is 12.1 Å². The summed E-state index contributed by atoms with van der Waals surface area (Å²) in [6.07, 6.45) is -4.83. The number of nitrogens with one attached hydrogen (secondary N) is 2. The molecule has 2 amide bonds. The van der Waals surface area contributed by atoms with Gasteiger partial charge in [-0.25, -0.2) is 9.18 Å². The lowest BCUT2D eigenvalue weighted by Crippen LogP contribution is -2.27. The van der Waals surface area contributed by atoms with E-state index >= 15 is 4.39 Å². The van der Waals surface area contributed by atoms with Crippen molar-refractivity contribution in [1.29, 1.82) is 0 Å². The zero-order valence-corrected chi connectivity index (χ0v) is 23.0. The van der Waals surface area contributed by atoms with E-state index in [2.05, 4.69) is 25.5 Å². The SMILES string of the molecule is CC(C)c1noc(-c2c(F)cc(O)c3c2C(C)(C)CN3c2ccccc2NC(=O)Nc2ccc(OC(F)(F)F)cc2)n1. The molecule has 0 saturated heterocycles. The third-order valence-electron chi connectivity index (χ3n) is 6.69. The molecule has 5 rings (SSSR count). The first-order chi connectivity index (χ1) is 19.7. The molecular weight excluding hydrogens is 558 g/mol. The molecule has 0 bridgehead atoms. The number of benzene rings is 3. The van der Waals surface area contributed by atoms with Crippen LogP contribution in [-0.4, -0.2) is 34.2 Å². The number of anilines is 4. The molecular formula is C29H27F4N5O4. The number of fused-ring (bicyclic) bond motifs is 1. The maximum absolute atomic E-state index is 15.4. The minimum Gasteiger partial charge on any atom is -0.506 e. The van der Waals surface area contributed by atoms with Crippen LogP contribution in [0.4, 0.5) is 45.1 Å². The molecule has 42 heavy (non-hydrogen) atoms. The number of hydrogen-bond donors (Lipinski definition) is 3. The minimum atomic E-state index is -4.83. The smallest absolute Gasteiger partial charge is 0.506 e. The van der Waals surface area contributed by atoms with Crippen LogP contribution < -0.4 is 20.3 Å². The normalized spacial score (nSPS) is 14.2. The Hall–Kier alpha value is -4.81. The fraction of sp³-hybridized carbons (Fsp3) is 0.276. The lowest BCUT2D eigenvalue weighted by molar-refractivity contribution is -0.274. The largest absolute Gasteiger partial charge is 0.573 e. The second-order valence-electron chi connectivity index (χ2n) is 10.7. The maximum Gasteiger partial charge on any atom is 0.573 e. The van der Waals surface area contributed by atoms with Crippen LogP contribution in [0.2, 0.25) is 0 Å². The van der Waals surface area contributed by atoms with Gasteiger partial charge in [0.15, 0.2) is 5.82 Å². The number of halogens is 4. The number of nitrogens with zero attached hydrogens (tertiary/aromatic N) is 3. The third kappa shape index (κ3) is 5.67. The molecule has 0 unspecified atom stereocenters. The lowest BCUT2D eigenvalue weighted by atomic mass is 9.83. The summed E-state index contributed by atoms with van der Waals surface area (Å²) in [5.41, 5.74) is 1.29. The van der Waals surface area contributed by atoms with Crippen LogP contribution in [0.25, 0.3) is 11.5 Å². The van der Waals surface area contributed by atoms with E-state index in [1.54, 1.807) is 29.2 Å². The topological polar surface area (TPSA) is 113 Å². The summed E-state index contributed by atoms with van der Waals surface area (Å²) in [5.74, 6) is -1.07. The standard InChI is InChI=1S/C29H27F4N5O4/c1-15(2)25-36-26(42-37-25)22-18(30)13-21(39)24-23(22)28(3,4)14-38(24)20-8-6-5-7-19(20)35-27(40)34-16-9-11-17(12-10-16)41-29(31,32)33/h5-13,15,39H,14H2,1-4H3,(H2,34,35,40). The second-order valence-corrected chi connectivity index (χ2v) is 10.7. The molecule has 9 nitrogen and oxygen atoms in total. The highest BCUT2D eigenvalue weighted by Gasteiger charge is 2.43. The number of phenolic OH excluding ortho intramolecular Hbond substituents is 1. The summed E-state index contributed by atoms with van der Waals surface area (Å²) in [6, 6.07) is 11.8. The van der Waals surface area contributed by atoms with Crippen molar-refractivity contribution in [3.8, 4) is 23.0 Å². The van der Waals surface area contributed by atoms with Crippen molar-refractivity contribution in [3.05, 3.63) is 71.8 Å². The second kappa shape index (κ2) is 10.5. The number of para-hydroxylation sites is 2. The zero-order chi connectivity index (χ0) is 30.4. The summed E-state index contributed by atoms with van der Waals surface area (Å²) in [5, 5.41) is 20.2. The number of urea groups is 1. The number of aromatic nitrogens is 2. The van der Waals surface area contributed by atoms with E-state index in [0.717, 1.165) is 18.2 Å². The predicted octanol–water partition coefficient (Wildman–Crippen LogP) is 7.68. The molecule has 3 N–H and O–H groups in total. The van der Waals surface area contributed by atoms with Gasteiger partial charge in [-0.1, -0.05) is 45.0 Å². The number of rotatable bonds is 6. The van der Waals surface area contributed by atoms with Gasteiger partial charge in [-0.15, -0.1) is 13.2 Å². The Morgan fingerprint density at radius 2 is 1.81 bits per heavy atom. The minimum absolute atomic E-state index is 0.000171. The van der Waals surface area contributed by atoms with Crippen LogP contribution in [0.5, 0.6) is 11.5 Å². The van der Waals surface area contributed by atoms with Gasteiger partial charge in [0.25, 0.3) is 5.89 Å². The van der Waals surface area contributed by atoms with Gasteiger partial charge >= 0.3 is 12.4 Å². The van der Waals surface area contributed by atoms with Crippen LogP contribution in [0.3, 0.4) is 0 Å². The molecule has 0 aliphatic carbocycles. The van der Waals surface area contributed by atoms with Gasteiger partial charge in [0, 0.05) is 35.2 Å². The van der Waals surface area contributed by atoms with Crippen molar-refractivity contribution in [2.24, 2.45) is 0 Å². The van der Waals surface area contributed by atoms with E-state index < -0.39 is 29.4 Å². The average molecular weight is 586 g/mol. The number of aromatic hydroxyl groups is 1. The average Bonchev–Trinajstić information content (AvgIpc) is 3.48. The molecule has 13 heteroatoms. The van der Waals surface area contributed by atoms with Crippen LogP contribution in [0.15, 0.2) is 59.1 Å². The molecule has 1 aliphatic heterocycles. The van der Waals surface area contributed by atoms with Gasteiger partial charge in [-0.3, -0.25) is 0 Å². The van der Waals surface area contributed by atoms with Gasteiger partial charge in [0.2, 0.25) is 0 Å². The summed E-state index contributed by atoms with van der Waals surface area (Å²) in [7, 11) is 0. The number of hydrogen-bond acceptors (Lipinski definition) is 7. The van der Waals surface area contributed by atoms with E-state index in [9.17, 15) is 23.1 Å². The van der Waals surface area contributed by atoms with E-state index in [-0.39, 0.29) is 28.8 Å². The predicted molar refractivity (Wildman–Crippen MR) is 148 cm³/mol. The molecule has 0 spiro atoms. The van der Waals surface area contributed by atoms with E-state index in [1.807, 2.05) is 27.7 Å². The summed E-state index contributed by atoms with van der Waals surface area (Å²) >= 11 is 0. The Balaban J connectivity index is 1.46. The van der Waals surface area contributed by atoms with Gasteiger partial charge in [0.05, 0.1) is 22.6 Å². The number of carbonyl (C=O) groups is 1. The molecule has 4 aromatic rings. The maximum atomic E-state index is 15.4. The number of amides is 2. The van der Waals surface area contributed by atoms with Crippen molar-refractivity contribution < 1.29 is 36.7 Å². The molecule has 1 aromatic heterocycles. The molecule has 0 atom stereocenters. The van der Waals surface area contributed by atoms with Crippen LogP contribution in [0, 0.1) is 5.82 Å². The van der Waals surface area contributed by atoms with E-state index in [4.69, 9.17) is 4.52 Å². The summed E-state index contributed by atoms with van der Waals surface area (Å²) in [4.78, 5) is 19.0. The molecule has 220 valence electrons. The first-order valence-electron chi connectivity index (χ1n) is 12.9. The molecule has 0 saturated carbocycles. The number of phenols is 1. The van der Waals surface area contributed by atoms with E-state index in [0.29, 0.717) is 35.0 Å². The first-order valence-corrected chi connectivity index (χ1v) is 12.9. The number of carbonyl (C=O) groups excluding carboxylic acids is 1. The Bertz CT molecular complexity index is 1630. The van der Waals surface area contributed by atoms with Crippen molar-refractivity contribution in [1.82, 2.24) is 10.1 Å². The molecule has 1 aliphatic rings. The Labute approximate surface area is 238 Å². The molecule has 0 radical (unpaired) electrons. The van der Waals surface area contributed by atoms with Crippen molar-refractivity contribution in [2.75, 3.05) is 22.1 Å². The van der Waals surface area contributed by atoms with Gasteiger partial charge in [0.1, 0.15) is 17.3 Å². The third-order valence-corrected chi connectivity index (χ3v) is 6.69. The highest BCUT2D eigenvalue weighted by Crippen LogP contribution is 2.54. The Morgan fingerprint density at radius 1 is 1.12 bits per heavy atom. The number of alkyl halides is 3. The molecule has 3 aromatic carbocycles. The number of ether oxygens (including phenoxy) is 1. The fourth-order valence-electron chi connectivity index (χ4n) is 4.94. The Kier molecular flexibility index (Phi) is 7.21. The van der Waals surface area contributed by atoms with Crippen molar-refractivity contribution in [3.63, 3.8) is 0 Å². The molecule has 0 fully saturated rings. The summed E-state index contributed by atoms with van der Waals surface area (Å²) < 4.78 is 62.0. The highest BCUT2D eigenvalue weighted by molar-refractivity contribution is 6.03. The van der Waals surface area contributed by atoms with Crippen molar-refractivity contribution >= 4 is 28.8 Å². The van der Waals surface area contributed by atoms with Crippen LogP contribution >= 0.6 is 0 Å². The quantitative estimate of drug-likeness (QED) is 0.199. The fourth-order valence-corrected chi connectivity index (χ4v) is 4.94. The van der Waals surface area contributed by atoms with Gasteiger partial charge in [-0.05, 0) is 36.4 Å². The van der Waals surface area contributed by atoms with Crippen molar-refractivity contribution in [2.45, 2.75) is 45.4 Å². The zero-order valence-electron chi connectivity index (χ0n) is 23.0. The lowest BCUT2D eigenvalue weighted by Gasteiger charge is -2.25. The highest BCUT2D eigenvalue weighted by atomic mass is 19.4. The van der Waals surface area contributed by atoms with Crippen LogP contribution in [0.1, 0.15) is 45.0 Å². The van der Waals surface area contributed by atoms with Crippen LogP contribution in [-0.2, 0) is 5.41 Å².